The summed E-state index contributed by atoms with van der Waals surface area (Å²) in [7, 11) is 0. The van der Waals surface area contributed by atoms with Crippen molar-refractivity contribution >= 4 is 0 Å². The van der Waals surface area contributed by atoms with Crippen LogP contribution in [-0.4, -0.2) is 12.2 Å². The molecule has 80 valence electrons. The van der Waals surface area contributed by atoms with E-state index in [0.717, 1.165) is 12.8 Å². The summed E-state index contributed by atoms with van der Waals surface area (Å²) in [5, 5.41) is 0. The van der Waals surface area contributed by atoms with Gasteiger partial charge in [-0.3, -0.25) is 0 Å². The molecule has 0 aromatic rings. The minimum Gasteiger partial charge on any atom is -0.375 e. The van der Waals surface area contributed by atoms with Crippen molar-refractivity contribution in [2.24, 2.45) is 5.41 Å². The Morgan fingerprint density at radius 3 is 1.85 bits per heavy atom. The Morgan fingerprint density at radius 2 is 1.54 bits per heavy atom. The van der Waals surface area contributed by atoms with Crippen LogP contribution in [0.1, 0.15) is 60.8 Å². The molecule has 1 unspecified atom stereocenters. The Bertz CT molecular complexity index is 125. The highest BCUT2D eigenvalue weighted by atomic mass is 16.5. The van der Waals surface area contributed by atoms with Crippen molar-refractivity contribution < 1.29 is 4.74 Å². The average molecular weight is 186 g/mol. The van der Waals surface area contributed by atoms with Gasteiger partial charge in [-0.25, -0.2) is 0 Å². The molecule has 0 aromatic carbocycles. The van der Waals surface area contributed by atoms with Crippen molar-refractivity contribution in [2.75, 3.05) is 0 Å². The van der Waals surface area contributed by atoms with Gasteiger partial charge in [0.25, 0.3) is 0 Å². The van der Waals surface area contributed by atoms with E-state index in [1.165, 1.54) is 6.42 Å². The topological polar surface area (TPSA) is 9.23 Å². The highest BCUT2D eigenvalue weighted by Crippen LogP contribution is 2.28. The summed E-state index contributed by atoms with van der Waals surface area (Å²) in [6, 6.07) is 0. The molecule has 0 aromatic heterocycles. The van der Waals surface area contributed by atoms with E-state index in [4.69, 9.17) is 4.74 Å². The summed E-state index contributed by atoms with van der Waals surface area (Å²) in [4.78, 5) is 0. The molecule has 0 rings (SSSR count). The minimum atomic E-state index is 0.308. The molecule has 0 saturated heterocycles. The zero-order valence-electron chi connectivity index (χ0n) is 10.2. The molecule has 13 heavy (non-hydrogen) atoms. The standard InChI is InChI=1S/C12H26O/c1-7-11(8-2)13-10(4)12(5,6)9-3/h10-11H,7-9H2,1-6H3. The fourth-order valence-corrected chi connectivity index (χ4v) is 1.24. The fraction of sp³-hybridized carbons (Fsp3) is 1.00. The molecule has 0 heterocycles. The summed E-state index contributed by atoms with van der Waals surface area (Å²) < 4.78 is 6.00. The molecule has 1 atom stereocenters. The van der Waals surface area contributed by atoms with Crippen LogP contribution in [0, 0.1) is 5.41 Å². The molecule has 0 amide bonds. The summed E-state index contributed by atoms with van der Waals surface area (Å²) in [5.74, 6) is 0. The van der Waals surface area contributed by atoms with Crippen LogP contribution in [0.4, 0.5) is 0 Å². The predicted octanol–water partition coefficient (Wildman–Crippen LogP) is 4.02. The molecule has 0 radical (unpaired) electrons. The smallest absolute Gasteiger partial charge is 0.0601 e. The van der Waals surface area contributed by atoms with Gasteiger partial charge in [-0.15, -0.1) is 0 Å². The molecule has 0 N–H and O–H groups in total. The highest BCUT2D eigenvalue weighted by Gasteiger charge is 2.25. The lowest BCUT2D eigenvalue weighted by Crippen LogP contribution is -2.32. The maximum Gasteiger partial charge on any atom is 0.0601 e. The number of hydrogen-bond acceptors (Lipinski definition) is 1. The summed E-state index contributed by atoms with van der Waals surface area (Å²) in [5.41, 5.74) is 0.308. The van der Waals surface area contributed by atoms with E-state index in [-0.39, 0.29) is 0 Å². The summed E-state index contributed by atoms with van der Waals surface area (Å²) in [6.07, 6.45) is 4.23. The van der Waals surface area contributed by atoms with Crippen molar-refractivity contribution in [2.45, 2.75) is 73.0 Å². The fourth-order valence-electron chi connectivity index (χ4n) is 1.24. The van der Waals surface area contributed by atoms with E-state index < -0.39 is 0 Å². The largest absolute Gasteiger partial charge is 0.375 e. The number of hydrogen-bond donors (Lipinski definition) is 0. The van der Waals surface area contributed by atoms with Crippen LogP contribution in [0.15, 0.2) is 0 Å². The van der Waals surface area contributed by atoms with E-state index in [1.807, 2.05) is 0 Å². The van der Waals surface area contributed by atoms with Gasteiger partial charge in [0.2, 0.25) is 0 Å². The molecule has 0 spiro atoms. The second-order valence-electron chi connectivity index (χ2n) is 4.56. The third-order valence-electron chi connectivity index (χ3n) is 3.32. The maximum absolute atomic E-state index is 6.00. The Morgan fingerprint density at radius 1 is 1.08 bits per heavy atom. The van der Waals surface area contributed by atoms with Gasteiger partial charge in [0.1, 0.15) is 0 Å². The first kappa shape index (κ1) is 13.0. The third-order valence-corrected chi connectivity index (χ3v) is 3.32. The summed E-state index contributed by atoms with van der Waals surface area (Å²) >= 11 is 0. The van der Waals surface area contributed by atoms with Gasteiger partial charge in [0.05, 0.1) is 12.2 Å². The van der Waals surface area contributed by atoms with Crippen LogP contribution in [0.5, 0.6) is 0 Å². The zero-order chi connectivity index (χ0) is 10.5. The van der Waals surface area contributed by atoms with Crippen LogP contribution in [-0.2, 0) is 4.74 Å². The average Bonchev–Trinajstić information content (AvgIpc) is 2.13. The molecular weight excluding hydrogens is 160 g/mol. The normalized spacial score (nSPS) is 15.0. The third kappa shape index (κ3) is 4.12. The van der Waals surface area contributed by atoms with E-state index in [9.17, 15) is 0 Å². The van der Waals surface area contributed by atoms with Gasteiger partial charge in [0, 0.05) is 0 Å². The van der Waals surface area contributed by atoms with E-state index >= 15 is 0 Å². The Kier molecular flexibility index (Phi) is 5.62. The first-order valence-corrected chi connectivity index (χ1v) is 5.63. The molecule has 0 aliphatic carbocycles. The quantitative estimate of drug-likeness (QED) is 0.609. The predicted molar refractivity (Wildman–Crippen MR) is 59.0 cm³/mol. The van der Waals surface area contributed by atoms with Crippen molar-refractivity contribution in [3.63, 3.8) is 0 Å². The second-order valence-corrected chi connectivity index (χ2v) is 4.56. The van der Waals surface area contributed by atoms with Crippen molar-refractivity contribution in [1.29, 1.82) is 0 Å². The van der Waals surface area contributed by atoms with Crippen molar-refractivity contribution in [1.82, 2.24) is 0 Å². The molecule has 1 heteroatoms. The van der Waals surface area contributed by atoms with Crippen molar-refractivity contribution in [3.8, 4) is 0 Å². The second kappa shape index (κ2) is 5.64. The van der Waals surface area contributed by atoms with Crippen molar-refractivity contribution in [3.05, 3.63) is 0 Å². The van der Waals surface area contributed by atoms with E-state index in [0.29, 0.717) is 17.6 Å². The van der Waals surface area contributed by atoms with Crippen LogP contribution in [0.2, 0.25) is 0 Å². The molecule has 0 aliphatic rings. The van der Waals surface area contributed by atoms with Gasteiger partial charge < -0.3 is 4.74 Å². The monoisotopic (exact) mass is 186 g/mol. The van der Waals surface area contributed by atoms with E-state index in [1.54, 1.807) is 0 Å². The Labute approximate surface area is 83.9 Å². The van der Waals surface area contributed by atoms with Crippen LogP contribution in [0.3, 0.4) is 0 Å². The van der Waals surface area contributed by atoms with Crippen LogP contribution in [0.25, 0.3) is 0 Å². The maximum atomic E-state index is 6.00. The van der Waals surface area contributed by atoms with Gasteiger partial charge in [-0.1, -0.05) is 34.6 Å². The first-order valence-electron chi connectivity index (χ1n) is 5.63. The number of rotatable bonds is 6. The Balaban J connectivity index is 4.04. The van der Waals surface area contributed by atoms with Crippen LogP contribution >= 0.6 is 0 Å². The Hall–Kier alpha value is -0.0400. The first-order chi connectivity index (χ1) is 5.97. The summed E-state index contributed by atoms with van der Waals surface area (Å²) in [6.45, 7) is 13.4. The molecule has 0 bridgehead atoms. The lowest BCUT2D eigenvalue weighted by Gasteiger charge is -2.33. The lowest BCUT2D eigenvalue weighted by molar-refractivity contribution is -0.0650. The molecule has 1 nitrogen and oxygen atoms in total. The van der Waals surface area contributed by atoms with Gasteiger partial charge >= 0.3 is 0 Å². The lowest BCUT2D eigenvalue weighted by atomic mass is 9.84. The van der Waals surface area contributed by atoms with E-state index in [2.05, 4.69) is 41.5 Å². The molecular formula is C12H26O. The highest BCUT2D eigenvalue weighted by molar-refractivity contribution is 4.75. The van der Waals surface area contributed by atoms with Crippen LogP contribution < -0.4 is 0 Å². The molecule has 0 aliphatic heterocycles. The van der Waals surface area contributed by atoms with Gasteiger partial charge in [-0.2, -0.15) is 0 Å². The van der Waals surface area contributed by atoms with Gasteiger partial charge in [-0.05, 0) is 31.6 Å². The number of ether oxygens (including phenoxy) is 1. The van der Waals surface area contributed by atoms with Gasteiger partial charge in [0.15, 0.2) is 0 Å². The molecule has 0 fully saturated rings. The zero-order valence-corrected chi connectivity index (χ0v) is 10.2. The molecule has 0 saturated carbocycles. The SMILES string of the molecule is CCC(CC)OC(C)C(C)(C)CC. The minimum absolute atomic E-state index is 0.308.